The number of hydrogen-bond acceptors (Lipinski definition) is 2. The van der Waals surface area contributed by atoms with E-state index in [1.807, 2.05) is 6.92 Å². The lowest BCUT2D eigenvalue weighted by molar-refractivity contribution is 0.288. The third-order valence-electron chi connectivity index (χ3n) is 2.71. The molecule has 2 rings (SSSR count). The van der Waals surface area contributed by atoms with Gasteiger partial charge in [-0.25, -0.2) is 8.78 Å². The van der Waals surface area contributed by atoms with E-state index in [9.17, 15) is 8.78 Å². The highest BCUT2D eigenvalue weighted by atomic mass is 79.9. The fraction of sp³-hybridized carbons (Fsp3) is 0.214. The van der Waals surface area contributed by atoms with Crippen LogP contribution in [0.4, 0.5) is 8.78 Å². The van der Waals surface area contributed by atoms with Crippen molar-refractivity contribution in [2.45, 2.75) is 18.9 Å². The van der Waals surface area contributed by atoms with Crippen molar-refractivity contribution >= 4 is 31.9 Å². The van der Waals surface area contributed by atoms with Crippen LogP contribution < -0.4 is 4.74 Å². The zero-order valence-electron chi connectivity index (χ0n) is 10.6. The van der Waals surface area contributed by atoms with E-state index in [1.54, 1.807) is 12.1 Å². The van der Waals surface area contributed by atoms with Gasteiger partial charge in [-0.05, 0) is 47.1 Å². The fourth-order valence-corrected chi connectivity index (χ4v) is 2.45. The first-order valence-electron chi connectivity index (χ1n) is 5.80. The molecule has 20 heavy (non-hydrogen) atoms. The smallest absolute Gasteiger partial charge is 0.146 e. The van der Waals surface area contributed by atoms with Gasteiger partial charge in [0.15, 0.2) is 0 Å². The van der Waals surface area contributed by atoms with Gasteiger partial charge in [-0.2, -0.15) is 0 Å². The molecule has 106 valence electrons. The van der Waals surface area contributed by atoms with Gasteiger partial charge in [-0.3, -0.25) is 4.98 Å². The minimum atomic E-state index is -0.648. The van der Waals surface area contributed by atoms with Gasteiger partial charge in [-0.15, -0.1) is 0 Å². The SMILES string of the molecule is Cc1ccc(OCc2c(F)ccc(Br)c2F)c(CBr)n1. The third-order valence-corrected chi connectivity index (χ3v) is 3.85. The number of aromatic nitrogens is 1. The quantitative estimate of drug-likeness (QED) is 0.531. The van der Waals surface area contributed by atoms with Crippen molar-refractivity contribution in [3.63, 3.8) is 0 Å². The minimum absolute atomic E-state index is 0.111. The van der Waals surface area contributed by atoms with Crippen LogP contribution in [-0.2, 0) is 11.9 Å². The Hall–Kier alpha value is -1.01. The molecule has 0 N–H and O–H groups in total. The van der Waals surface area contributed by atoms with Crippen molar-refractivity contribution in [1.82, 2.24) is 4.98 Å². The Morgan fingerprint density at radius 1 is 1.20 bits per heavy atom. The van der Waals surface area contributed by atoms with Crippen molar-refractivity contribution in [1.29, 1.82) is 0 Å². The molecule has 0 amide bonds. The van der Waals surface area contributed by atoms with E-state index >= 15 is 0 Å². The lowest BCUT2D eigenvalue weighted by Gasteiger charge is -2.11. The van der Waals surface area contributed by atoms with Crippen LogP contribution in [0.1, 0.15) is 17.0 Å². The van der Waals surface area contributed by atoms with Crippen molar-refractivity contribution in [2.75, 3.05) is 0 Å². The van der Waals surface area contributed by atoms with Crippen LogP contribution in [0.2, 0.25) is 0 Å². The van der Waals surface area contributed by atoms with Gasteiger partial charge < -0.3 is 4.74 Å². The van der Waals surface area contributed by atoms with Crippen LogP contribution in [0.15, 0.2) is 28.7 Å². The molecule has 0 aliphatic heterocycles. The first kappa shape index (κ1) is 15.4. The zero-order valence-corrected chi connectivity index (χ0v) is 13.8. The van der Waals surface area contributed by atoms with Crippen molar-refractivity contribution in [2.24, 2.45) is 0 Å². The summed E-state index contributed by atoms with van der Waals surface area (Å²) >= 11 is 6.34. The standard InChI is InChI=1S/C14H11Br2F2NO/c1-8-2-5-13(12(6-15)19-8)20-7-9-11(17)4-3-10(16)14(9)18/h2-5H,6-7H2,1H3. The second kappa shape index (κ2) is 6.63. The molecule has 0 saturated heterocycles. The Kier molecular flexibility index (Phi) is 5.10. The van der Waals surface area contributed by atoms with Gasteiger partial charge >= 0.3 is 0 Å². The van der Waals surface area contributed by atoms with E-state index in [2.05, 4.69) is 36.8 Å². The lowest BCUT2D eigenvalue weighted by atomic mass is 10.2. The molecular formula is C14H11Br2F2NO. The number of nitrogens with zero attached hydrogens (tertiary/aromatic N) is 1. The average molecular weight is 407 g/mol. The van der Waals surface area contributed by atoms with Gasteiger partial charge in [-0.1, -0.05) is 15.9 Å². The van der Waals surface area contributed by atoms with Gasteiger partial charge in [0.25, 0.3) is 0 Å². The molecule has 1 heterocycles. The highest BCUT2D eigenvalue weighted by Gasteiger charge is 2.14. The zero-order chi connectivity index (χ0) is 14.7. The maximum Gasteiger partial charge on any atom is 0.146 e. The van der Waals surface area contributed by atoms with E-state index in [0.29, 0.717) is 16.8 Å². The molecule has 0 aliphatic rings. The number of hydrogen-bond donors (Lipinski definition) is 0. The Bertz CT molecular complexity index is 635. The highest BCUT2D eigenvalue weighted by Crippen LogP contribution is 2.25. The van der Waals surface area contributed by atoms with Crippen LogP contribution in [0.3, 0.4) is 0 Å². The van der Waals surface area contributed by atoms with Crippen LogP contribution >= 0.6 is 31.9 Å². The van der Waals surface area contributed by atoms with Gasteiger partial charge in [0.2, 0.25) is 0 Å². The number of ether oxygens (including phenoxy) is 1. The van der Waals surface area contributed by atoms with E-state index in [4.69, 9.17) is 4.74 Å². The third kappa shape index (κ3) is 3.35. The largest absolute Gasteiger partial charge is 0.487 e. The van der Waals surface area contributed by atoms with Crippen LogP contribution in [-0.4, -0.2) is 4.98 Å². The molecule has 1 aromatic heterocycles. The Balaban J connectivity index is 2.23. The summed E-state index contributed by atoms with van der Waals surface area (Å²) in [5, 5.41) is 0.507. The molecule has 0 spiro atoms. The number of alkyl halides is 1. The second-order valence-corrected chi connectivity index (χ2v) is 5.56. The van der Waals surface area contributed by atoms with E-state index in [-0.39, 0.29) is 16.6 Å². The molecular weight excluding hydrogens is 396 g/mol. The van der Waals surface area contributed by atoms with E-state index < -0.39 is 11.6 Å². The molecule has 2 aromatic rings. The minimum Gasteiger partial charge on any atom is -0.487 e. The molecule has 0 atom stereocenters. The molecule has 0 fully saturated rings. The highest BCUT2D eigenvalue weighted by molar-refractivity contribution is 9.10. The fourth-order valence-electron chi connectivity index (χ4n) is 1.68. The maximum absolute atomic E-state index is 13.8. The Labute approximate surface area is 132 Å². The van der Waals surface area contributed by atoms with Gasteiger partial charge in [0.1, 0.15) is 24.0 Å². The Morgan fingerprint density at radius 3 is 2.65 bits per heavy atom. The first-order chi connectivity index (χ1) is 9.52. The molecule has 1 aromatic carbocycles. The van der Waals surface area contributed by atoms with E-state index in [0.717, 1.165) is 5.69 Å². The predicted octanol–water partition coefficient (Wildman–Crippen LogP) is 4.90. The Morgan fingerprint density at radius 2 is 1.95 bits per heavy atom. The molecule has 6 heteroatoms. The number of benzene rings is 1. The molecule has 2 nitrogen and oxygen atoms in total. The predicted molar refractivity (Wildman–Crippen MR) is 80.0 cm³/mol. The summed E-state index contributed by atoms with van der Waals surface area (Å²) in [6, 6.07) is 6.05. The van der Waals surface area contributed by atoms with Gasteiger partial charge in [0.05, 0.1) is 15.7 Å². The molecule has 0 aliphatic carbocycles. The summed E-state index contributed by atoms with van der Waals surface area (Å²) in [6.07, 6.45) is 0. The topological polar surface area (TPSA) is 22.1 Å². The number of halogens is 4. The van der Waals surface area contributed by atoms with E-state index in [1.165, 1.54) is 12.1 Å². The normalized spacial score (nSPS) is 10.7. The number of rotatable bonds is 4. The summed E-state index contributed by atoms with van der Waals surface area (Å²) in [5.74, 6) is -0.775. The molecule has 0 radical (unpaired) electrons. The van der Waals surface area contributed by atoms with Crippen molar-refractivity contribution in [3.8, 4) is 5.75 Å². The summed E-state index contributed by atoms with van der Waals surface area (Å²) in [6.45, 7) is 1.67. The molecule has 0 saturated carbocycles. The molecule has 0 unspecified atom stereocenters. The summed E-state index contributed by atoms with van der Waals surface area (Å²) in [4.78, 5) is 4.30. The first-order valence-corrected chi connectivity index (χ1v) is 7.72. The van der Waals surface area contributed by atoms with Crippen LogP contribution in [0.25, 0.3) is 0 Å². The van der Waals surface area contributed by atoms with Crippen LogP contribution in [0, 0.1) is 18.6 Å². The van der Waals surface area contributed by atoms with Crippen molar-refractivity contribution < 1.29 is 13.5 Å². The maximum atomic E-state index is 13.8. The number of pyridine rings is 1. The van der Waals surface area contributed by atoms with Crippen LogP contribution in [0.5, 0.6) is 5.75 Å². The lowest BCUT2D eigenvalue weighted by Crippen LogP contribution is -2.05. The van der Waals surface area contributed by atoms with Gasteiger partial charge in [0, 0.05) is 11.0 Å². The average Bonchev–Trinajstić information content (AvgIpc) is 2.44. The summed E-state index contributed by atoms with van der Waals surface area (Å²) in [5.41, 5.74) is 1.44. The monoisotopic (exact) mass is 405 g/mol. The molecule has 0 bridgehead atoms. The second-order valence-electron chi connectivity index (χ2n) is 4.14. The summed E-state index contributed by atoms with van der Waals surface area (Å²) < 4.78 is 33.1. The summed E-state index contributed by atoms with van der Waals surface area (Å²) in [7, 11) is 0. The van der Waals surface area contributed by atoms with Crippen molar-refractivity contribution in [3.05, 3.63) is 57.3 Å². The number of aryl methyl sites for hydroxylation is 1.